The van der Waals surface area contributed by atoms with Crippen molar-refractivity contribution in [2.24, 2.45) is 0 Å². The third-order valence-corrected chi connectivity index (χ3v) is 6.10. The zero-order chi connectivity index (χ0) is 19.7. The van der Waals surface area contributed by atoms with Gasteiger partial charge in [-0.25, -0.2) is 4.98 Å². The third kappa shape index (κ3) is 3.79. The number of amides is 2. The molecule has 7 heteroatoms. The molecular formula is C21H18ClN3O2S. The van der Waals surface area contributed by atoms with Gasteiger partial charge in [0.2, 0.25) is 0 Å². The summed E-state index contributed by atoms with van der Waals surface area (Å²) >= 11 is 7.20. The number of benzene rings is 2. The van der Waals surface area contributed by atoms with Crippen LogP contribution in [0.25, 0.3) is 0 Å². The summed E-state index contributed by atoms with van der Waals surface area (Å²) in [5.41, 5.74) is 4.36. The molecule has 2 N–H and O–H groups in total. The van der Waals surface area contributed by atoms with E-state index in [1.807, 2.05) is 12.1 Å². The van der Waals surface area contributed by atoms with Gasteiger partial charge >= 0.3 is 0 Å². The first-order valence-electron chi connectivity index (χ1n) is 8.98. The Labute approximate surface area is 171 Å². The molecule has 0 fully saturated rings. The molecule has 2 aromatic carbocycles. The maximum Gasteiger partial charge on any atom is 0.267 e. The van der Waals surface area contributed by atoms with Crippen molar-refractivity contribution in [1.82, 2.24) is 4.98 Å². The first-order valence-corrected chi connectivity index (χ1v) is 10.2. The van der Waals surface area contributed by atoms with Crippen LogP contribution in [0.5, 0.6) is 0 Å². The number of halogens is 1. The van der Waals surface area contributed by atoms with Crippen LogP contribution < -0.4 is 10.6 Å². The van der Waals surface area contributed by atoms with Crippen LogP contribution in [0.15, 0.2) is 42.5 Å². The first-order chi connectivity index (χ1) is 13.5. The molecule has 1 aliphatic carbocycles. The summed E-state index contributed by atoms with van der Waals surface area (Å²) in [6.07, 6.45) is 3.32. The second kappa shape index (κ2) is 7.73. The number of hydrogen-bond donors (Lipinski definition) is 2. The molecule has 1 aromatic heterocycles. The summed E-state index contributed by atoms with van der Waals surface area (Å²) in [7, 11) is 0. The van der Waals surface area contributed by atoms with Crippen molar-refractivity contribution >= 4 is 45.6 Å². The predicted octanol–water partition coefficient (Wildman–Crippen LogP) is 5.10. The zero-order valence-corrected chi connectivity index (χ0v) is 16.8. The minimum Gasteiger partial charge on any atom is -0.321 e. The lowest BCUT2D eigenvalue weighted by Crippen LogP contribution is -2.12. The molecule has 142 valence electrons. The molecule has 0 unspecified atom stereocenters. The number of carbonyl (C=O) groups excluding carboxylic acids is 2. The Balaban J connectivity index is 1.48. The van der Waals surface area contributed by atoms with Gasteiger partial charge in [-0.05, 0) is 61.6 Å². The van der Waals surface area contributed by atoms with Crippen molar-refractivity contribution in [1.29, 1.82) is 0 Å². The quantitative estimate of drug-likeness (QED) is 0.627. The monoisotopic (exact) mass is 411 g/mol. The zero-order valence-electron chi connectivity index (χ0n) is 15.2. The van der Waals surface area contributed by atoms with Gasteiger partial charge in [0.15, 0.2) is 5.13 Å². The number of aryl methyl sites for hydroxylation is 3. The molecule has 0 saturated carbocycles. The second-order valence-electron chi connectivity index (χ2n) is 6.66. The summed E-state index contributed by atoms with van der Waals surface area (Å²) in [6.45, 7) is 1.75. The maximum absolute atomic E-state index is 12.7. The van der Waals surface area contributed by atoms with Crippen molar-refractivity contribution < 1.29 is 9.59 Å². The van der Waals surface area contributed by atoms with Crippen LogP contribution in [0.4, 0.5) is 10.8 Å². The van der Waals surface area contributed by atoms with Gasteiger partial charge in [0, 0.05) is 5.69 Å². The highest BCUT2D eigenvalue weighted by Crippen LogP contribution is 2.27. The van der Waals surface area contributed by atoms with Gasteiger partial charge in [-0.15, -0.1) is 0 Å². The Morgan fingerprint density at radius 1 is 1.04 bits per heavy atom. The number of aromatic nitrogens is 1. The summed E-state index contributed by atoms with van der Waals surface area (Å²) in [4.78, 5) is 29.9. The molecule has 0 bridgehead atoms. The van der Waals surface area contributed by atoms with Gasteiger partial charge in [-0.1, -0.05) is 41.1 Å². The van der Waals surface area contributed by atoms with E-state index in [4.69, 9.17) is 11.6 Å². The molecule has 1 heterocycles. The van der Waals surface area contributed by atoms with Crippen LogP contribution in [0.1, 0.15) is 43.3 Å². The largest absolute Gasteiger partial charge is 0.321 e. The van der Waals surface area contributed by atoms with E-state index in [0.29, 0.717) is 26.3 Å². The number of anilines is 2. The Kier molecular flexibility index (Phi) is 5.15. The van der Waals surface area contributed by atoms with Crippen molar-refractivity contribution in [3.05, 3.63) is 74.7 Å². The molecule has 1 aliphatic rings. The average Bonchev–Trinajstić information content (AvgIpc) is 3.27. The van der Waals surface area contributed by atoms with Crippen LogP contribution in [0.2, 0.25) is 5.02 Å². The van der Waals surface area contributed by atoms with Crippen LogP contribution in [-0.2, 0) is 12.8 Å². The molecular weight excluding hydrogens is 394 g/mol. The van der Waals surface area contributed by atoms with Gasteiger partial charge in [-0.2, -0.15) is 0 Å². The highest BCUT2D eigenvalue weighted by molar-refractivity contribution is 7.17. The molecule has 0 aliphatic heterocycles. The van der Waals surface area contributed by atoms with Crippen LogP contribution >= 0.6 is 22.9 Å². The number of nitrogens with one attached hydrogen (secondary N) is 2. The van der Waals surface area contributed by atoms with E-state index >= 15 is 0 Å². The predicted molar refractivity (Wildman–Crippen MR) is 113 cm³/mol. The number of carbonyl (C=O) groups is 2. The van der Waals surface area contributed by atoms with Crippen molar-refractivity contribution in [3.8, 4) is 0 Å². The van der Waals surface area contributed by atoms with Crippen molar-refractivity contribution in [3.63, 3.8) is 0 Å². The molecule has 4 rings (SSSR count). The average molecular weight is 412 g/mol. The van der Waals surface area contributed by atoms with Gasteiger partial charge in [-0.3, -0.25) is 14.9 Å². The molecule has 3 aromatic rings. The summed E-state index contributed by atoms with van der Waals surface area (Å²) in [5, 5.41) is 6.38. The van der Waals surface area contributed by atoms with Gasteiger partial charge in [0.05, 0.1) is 16.3 Å². The van der Waals surface area contributed by atoms with E-state index in [0.717, 1.165) is 36.3 Å². The first kappa shape index (κ1) is 18.7. The summed E-state index contributed by atoms with van der Waals surface area (Å²) in [6, 6.07) is 12.8. The number of nitrogens with zero attached hydrogens (tertiary/aromatic N) is 1. The minimum absolute atomic E-state index is 0.230. The summed E-state index contributed by atoms with van der Waals surface area (Å²) < 4.78 is 0. The van der Waals surface area contributed by atoms with Crippen LogP contribution in [-0.4, -0.2) is 16.8 Å². The maximum atomic E-state index is 12.7. The van der Waals surface area contributed by atoms with Crippen molar-refractivity contribution in [2.75, 3.05) is 10.6 Å². The lowest BCUT2D eigenvalue weighted by Gasteiger charge is -2.06. The number of hydrogen-bond acceptors (Lipinski definition) is 4. The molecule has 28 heavy (non-hydrogen) atoms. The molecule has 0 atom stereocenters. The number of fused-ring (bicyclic) bond motifs is 1. The van der Waals surface area contributed by atoms with E-state index in [9.17, 15) is 9.59 Å². The van der Waals surface area contributed by atoms with E-state index in [2.05, 4.69) is 21.7 Å². The fourth-order valence-corrected chi connectivity index (χ4v) is 4.39. The minimum atomic E-state index is -0.357. The van der Waals surface area contributed by atoms with E-state index in [-0.39, 0.29) is 11.8 Å². The lowest BCUT2D eigenvalue weighted by molar-refractivity contribution is 0.102. The van der Waals surface area contributed by atoms with Gasteiger partial charge in [0.25, 0.3) is 11.8 Å². The fourth-order valence-electron chi connectivity index (χ4n) is 3.31. The Hall–Kier alpha value is -2.70. The highest BCUT2D eigenvalue weighted by atomic mass is 35.5. The Bertz CT molecular complexity index is 1080. The lowest BCUT2D eigenvalue weighted by atomic mass is 10.1. The summed E-state index contributed by atoms with van der Waals surface area (Å²) in [5.74, 6) is -0.587. The molecule has 2 amide bonds. The molecule has 0 radical (unpaired) electrons. The van der Waals surface area contributed by atoms with E-state index < -0.39 is 0 Å². The number of thiazole rings is 1. The standard InChI is InChI=1S/C21H18ClN3O2S/c1-12-18(20(27)24-15-10-9-13-5-4-6-14(13)11-15)28-21(23-12)25-19(26)16-7-2-3-8-17(16)22/h2-3,7-11H,4-6H2,1H3,(H,24,27)(H,23,25,26). The topological polar surface area (TPSA) is 71.1 Å². The SMILES string of the molecule is Cc1nc(NC(=O)c2ccccc2Cl)sc1C(=O)Nc1ccc2c(c1)CCC2. The normalized spacial score (nSPS) is 12.5. The smallest absolute Gasteiger partial charge is 0.267 e. The van der Waals surface area contributed by atoms with Crippen molar-refractivity contribution in [2.45, 2.75) is 26.2 Å². The highest BCUT2D eigenvalue weighted by Gasteiger charge is 2.19. The molecule has 0 spiro atoms. The van der Waals surface area contributed by atoms with Gasteiger partial charge in [0.1, 0.15) is 4.88 Å². The van der Waals surface area contributed by atoms with E-state index in [1.165, 1.54) is 11.1 Å². The third-order valence-electron chi connectivity index (χ3n) is 4.70. The van der Waals surface area contributed by atoms with E-state index in [1.54, 1.807) is 31.2 Å². The fraction of sp³-hybridized carbons (Fsp3) is 0.190. The van der Waals surface area contributed by atoms with Crippen LogP contribution in [0, 0.1) is 6.92 Å². The Morgan fingerprint density at radius 2 is 1.82 bits per heavy atom. The Morgan fingerprint density at radius 3 is 2.64 bits per heavy atom. The molecule has 0 saturated heterocycles. The van der Waals surface area contributed by atoms with Gasteiger partial charge < -0.3 is 5.32 Å². The van der Waals surface area contributed by atoms with Crippen LogP contribution in [0.3, 0.4) is 0 Å². The number of rotatable bonds is 4. The molecule has 5 nitrogen and oxygen atoms in total. The second-order valence-corrected chi connectivity index (χ2v) is 8.06.